The van der Waals surface area contributed by atoms with Gasteiger partial charge in [-0.3, -0.25) is 4.79 Å². The fourth-order valence-electron chi connectivity index (χ4n) is 2.47. The molecule has 1 fully saturated rings. The van der Waals surface area contributed by atoms with E-state index in [9.17, 15) is 4.79 Å². The van der Waals surface area contributed by atoms with Crippen LogP contribution in [-0.4, -0.2) is 37.0 Å². The predicted octanol–water partition coefficient (Wildman–Crippen LogP) is 2.59. The molecule has 0 radical (unpaired) electrons. The first-order valence-corrected chi connectivity index (χ1v) is 7.57. The molecule has 2 N–H and O–H groups in total. The molecule has 110 valence electrons. The molecule has 1 aromatic carbocycles. The number of nitrogens with two attached hydrogens (primary N) is 1. The first kappa shape index (κ1) is 14.0. The molecule has 5 nitrogen and oxygen atoms in total. The summed E-state index contributed by atoms with van der Waals surface area (Å²) in [6, 6.07) is 9.52. The predicted molar refractivity (Wildman–Crippen MR) is 85.4 cm³/mol. The number of hydrogen-bond donors (Lipinski definition) is 1. The maximum atomic E-state index is 12.4. The lowest BCUT2D eigenvalue weighted by Gasteiger charge is -2.36. The number of anilines is 2. The van der Waals surface area contributed by atoms with E-state index in [1.807, 2.05) is 29.2 Å². The highest BCUT2D eigenvalue weighted by Gasteiger charge is 2.24. The Kier molecular flexibility index (Phi) is 3.88. The minimum absolute atomic E-state index is 0.00702. The van der Waals surface area contributed by atoms with E-state index in [-0.39, 0.29) is 5.91 Å². The van der Waals surface area contributed by atoms with Crippen LogP contribution in [0, 0.1) is 0 Å². The third-order valence-corrected chi connectivity index (χ3v) is 4.29. The van der Waals surface area contributed by atoms with E-state index < -0.39 is 0 Å². The highest BCUT2D eigenvalue weighted by molar-refractivity contribution is 9.10. The van der Waals surface area contributed by atoms with Gasteiger partial charge in [0.2, 0.25) is 0 Å². The molecule has 1 aromatic heterocycles. The lowest BCUT2D eigenvalue weighted by molar-refractivity contribution is 0.0745. The van der Waals surface area contributed by atoms with Crippen molar-refractivity contribution in [2.24, 2.45) is 0 Å². The topological polar surface area (TPSA) is 62.7 Å². The van der Waals surface area contributed by atoms with Gasteiger partial charge in [-0.05, 0) is 46.3 Å². The van der Waals surface area contributed by atoms with Crippen LogP contribution in [0.4, 0.5) is 11.4 Å². The number of benzene rings is 1. The number of piperazine rings is 1. The van der Waals surface area contributed by atoms with E-state index in [4.69, 9.17) is 10.2 Å². The molecular weight excluding hydrogens is 334 g/mol. The Hall–Kier alpha value is -1.95. The number of rotatable bonds is 2. The first-order chi connectivity index (χ1) is 10.1. The van der Waals surface area contributed by atoms with Crippen molar-refractivity contribution in [2.75, 3.05) is 36.8 Å². The van der Waals surface area contributed by atoms with Crippen molar-refractivity contribution >= 4 is 33.2 Å². The second kappa shape index (κ2) is 5.81. The van der Waals surface area contributed by atoms with E-state index in [1.54, 1.807) is 6.07 Å². The van der Waals surface area contributed by atoms with Crippen molar-refractivity contribution in [3.05, 3.63) is 46.8 Å². The average Bonchev–Trinajstić information content (AvgIpc) is 2.94. The minimum atomic E-state index is 0.00702. The largest absolute Gasteiger partial charge is 0.457 e. The number of hydrogen-bond acceptors (Lipinski definition) is 4. The molecule has 6 heteroatoms. The first-order valence-electron chi connectivity index (χ1n) is 6.78. The number of amides is 1. The SMILES string of the molecule is Nc1ccc(N2CCN(C(=O)c3ccoc3Br)CC2)cc1. The molecular formula is C15H16BrN3O2. The van der Waals surface area contributed by atoms with Crippen LogP contribution in [0.25, 0.3) is 0 Å². The Bertz CT molecular complexity index is 631. The van der Waals surface area contributed by atoms with Crippen LogP contribution in [0.5, 0.6) is 0 Å². The molecule has 0 bridgehead atoms. The third kappa shape index (κ3) is 2.90. The normalized spacial score (nSPS) is 15.3. The number of halogens is 1. The van der Waals surface area contributed by atoms with Gasteiger partial charge in [0, 0.05) is 37.6 Å². The Balaban J connectivity index is 1.64. The van der Waals surface area contributed by atoms with Crippen LogP contribution in [0.1, 0.15) is 10.4 Å². The fraction of sp³-hybridized carbons (Fsp3) is 0.267. The third-order valence-electron chi connectivity index (χ3n) is 3.67. The quantitative estimate of drug-likeness (QED) is 0.846. The Morgan fingerprint density at radius 2 is 1.76 bits per heavy atom. The molecule has 1 saturated heterocycles. The number of carbonyl (C=O) groups is 1. The van der Waals surface area contributed by atoms with Crippen molar-refractivity contribution in [3.8, 4) is 0 Å². The number of furan rings is 1. The lowest BCUT2D eigenvalue weighted by Crippen LogP contribution is -2.48. The van der Waals surface area contributed by atoms with E-state index >= 15 is 0 Å². The highest BCUT2D eigenvalue weighted by atomic mass is 79.9. The number of nitrogens with zero attached hydrogens (tertiary/aromatic N) is 2. The summed E-state index contributed by atoms with van der Waals surface area (Å²) in [4.78, 5) is 16.5. The lowest BCUT2D eigenvalue weighted by atomic mass is 10.2. The van der Waals surface area contributed by atoms with Gasteiger partial charge in [-0.1, -0.05) is 0 Å². The molecule has 0 spiro atoms. The van der Waals surface area contributed by atoms with Gasteiger partial charge >= 0.3 is 0 Å². The molecule has 3 rings (SSSR count). The molecule has 0 unspecified atom stereocenters. The maximum absolute atomic E-state index is 12.4. The Morgan fingerprint density at radius 3 is 2.33 bits per heavy atom. The van der Waals surface area contributed by atoms with Crippen LogP contribution >= 0.6 is 15.9 Å². The van der Waals surface area contributed by atoms with Gasteiger partial charge in [0.15, 0.2) is 4.67 Å². The Morgan fingerprint density at radius 1 is 1.10 bits per heavy atom. The minimum Gasteiger partial charge on any atom is -0.457 e. The standard InChI is InChI=1S/C15H16BrN3O2/c16-14-13(5-10-21-14)15(20)19-8-6-18(7-9-19)12-3-1-11(17)2-4-12/h1-5,10H,6-9,17H2. The smallest absolute Gasteiger partial charge is 0.258 e. The summed E-state index contributed by atoms with van der Waals surface area (Å²) in [6.07, 6.45) is 1.52. The number of carbonyl (C=O) groups excluding carboxylic acids is 1. The fourth-order valence-corrected chi connectivity index (χ4v) is 2.88. The second-order valence-electron chi connectivity index (χ2n) is 4.98. The van der Waals surface area contributed by atoms with Gasteiger partial charge in [0.05, 0.1) is 11.8 Å². The second-order valence-corrected chi connectivity index (χ2v) is 5.70. The van der Waals surface area contributed by atoms with Crippen molar-refractivity contribution in [2.45, 2.75) is 0 Å². The van der Waals surface area contributed by atoms with Crippen LogP contribution in [-0.2, 0) is 0 Å². The molecule has 0 atom stereocenters. The van der Waals surface area contributed by atoms with Crippen LogP contribution in [0.2, 0.25) is 0 Å². The summed E-state index contributed by atoms with van der Waals surface area (Å²) >= 11 is 3.25. The number of nitrogen functional groups attached to an aromatic ring is 1. The monoisotopic (exact) mass is 349 g/mol. The molecule has 0 aliphatic carbocycles. The average molecular weight is 350 g/mol. The van der Waals surface area contributed by atoms with Crippen molar-refractivity contribution < 1.29 is 9.21 Å². The summed E-state index contributed by atoms with van der Waals surface area (Å²) in [7, 11) is 0. The zero-order valence-corrected chi connectivity index (χ0v) is 13.0. The van der Waals surface area contributed by atoms with E-state index in [2.05, 4.69) is 20.8 Å². The van der Waals surface area contributed by atoms with Crippen LogP contribution < -0.4 is 10.6 Å². The molecule has 1 aliphatic heterocycles. The summed E-state index contributed by atoms with van der Waals surface area (Å²) in [5, 5.41) is 0. The van der Waals surface area contributed by atoms with Crippen molar-refractivity contribution in [1.29, 1.82) is 0 Å². The van der Waals surface area contributed by atoms with Gasteiger partial charge < -0.3 is 20.0 Å². The van der Waals surface area contributed by atoms with Gasteiger partial charge in [-0.15, -0.1) is 0 Å². The summed E-state index contributed by atoms with van der Waals surface area (Å²) in [6.45, 7) is 3.01. The van der Waals surface area contributed by atoms with Crippen LogP contribution in [0.3, 0.4) is 0 Å². The molecule has 1 amide bonds. The summed E-state index contributed by atoms with van der Waals surface area (Å²) < 4.78 is 5.62. The summed E-state index contributed by atoms with van der Waals surface area (Å²) in [5.41, 5.74) is 8.18. The van der Waals surface area contributed by atoms with Crippen LogP contribution in [0.15, 0.2) is 45.7 Å². The van der Waals surface area contributed by atoms with Gasteiger partial charge in [0.1, 0.15) is 0 Å². The van der Waals surface area contributed by atoms with Crippen molar-refractivity contribution in [3.63, 3.8) is 0 Å². The zero-order chi connectivity index (χ0) is 14.8. The molecule has 21 heavy (non-hydrogen) atoms. The van der Waals surface area contributed by atoms with E-state index in [0.29, 0.717) is 23.3 Å². The van der Waals surface area contributed by atoms with E-state index in [1.165, 1.54) is 6.26 Å². The summed E-state index contributed by atoms with van der Waals surface area (Å²) in [5.74, 6) is 0.00702. The Labute approximate surface area is 131 Å². The molecule has 2 aromatic rings. The van der Waals surface area contributed by atoms with E-state index in [0.717, 1.165) is 24.5 Å². The maximum Gasteiger partial charge on any atom is 0.258 e. The van der Waals surface area contributed by atoms with Gasteiger partial charge in [0.25, 0.3) is 5.91 Å². The molecule has 2 heterocycles. The molecule has 1 aliphatic rings. The molecule has 0 saturated carbocycles. The van der Waals surface area contributed by atoms with Crippen molar-refractivity contribution in [1.82, 2.24) is 4.90 Å². The highest BCUT2D eigenvalue weighted by Crippen LogP contribution is 2.22. The zero-order valence-electron chi connectivity index (χ0n) is 11.5. The van der Waals surface area contributed by atoms with Gasteiger partial charge in [-0.2, -0.15) is 0 Å². The van der Waals surface area contributed by atoms with Gasteiger partial charge in [-0.25, -0.2) is 0 Å².